The average Bonchev–Trinajstić information content (AvgIpc) is 2.68. The van der Waals surface area contributed by atoms with Gasteiger partial charge in [0, 0.05) is 4.88 Å². The summed E-state index contributed by atoms with van der Waals surface area (Å²) in [5.41, 5.74) is 0.841. The molecular formula is C13H16N2O3S2. The van der Waals surface area contributed by atoms with E-state index >= 15 is 0 Å². The first-order valence-electron chi connectivity index (χ1n) is 6.09. The van der Waals surface area contributed by atoms with Crippen LogP contribution in [-0.4, -0.2) is 25.8 Å². The Bertz CT molecular complexity index is 647. The lowest BCUT2D eigenvalue weighted by Gasteiger charge is -2.07. The standard InChI is InChI=1S/C13H16N2O3S2/c1-10-11(2)19-13(14-10)15-20(16,17)9-8-18-12-6-4-3-5-7-12/h3-7H,8-9H2,1-2H3,(H,14,15). The molecule has 5 nitrogen and oxygen atoms in total. The fourth-order valence-corrected chi connectivity index (χ4v) is 3.42. The molecule has 2 aromatic rings. The molecule has 1 aromatic carbocycles. The lowest BCUT2D eigenvalue weighted by molar-refractivity contribution is 0.341. The summed E-state index contributed by atoms with van der Waals surface area (Å²) in [5.74, 6) is 0.545. The molecule has 108 valence electrons. The van der Waals surface area contributed by atoms with Crippen LogP contribution >= 0.6 is 11.3 Å². The highest BCUT2D eigenvalue weighted by molar-refractivity contribution is 7.92. The summed E-state index contributed by atoms with van der Waals surface area (Å²) < 4.78 is 31.6. The first kappa shape index (κ1) is 14.8. The predicted molar refractivity (Wildman–Crippen MR) is 80.9 cm³/mol. The number of thiazole rings is 1. The van der Waals surface area contributed by atoms with E-state index in [0.717, 1.165) is 10.6 Å². The van der Waals surface area contributed by atoms with Crippen LogP contribution in [0.5, 0.6) is 5.75 Å². The van der Waals surface area contributed by atoms with Gasteiger partial charge in [-0.1, -0.05) is 18.2 Å². The Morgan fingerprint density at radius 2 is 1.95 bits per heavy atom. The van der Waals surface area contributed by atoms with E-state index < -0.39 is 10.0 Å². The number of rotatable bonds is 6. The van der Waals surface area contributed by atoms with Crippen molar-refractivity contribution in [2.45, 2.75) is 13.8 Å². The molecule has 0 radical (unpaired) electrons. The summed E-state index contributed by atoms with van der Waals surface area (Å²) in [6.07, 6.45) is 0. The van der Waals surface area contributed by atoms with Gasteiger partial charge in [-0.2, -0.15) is 0 Å². The molecule has 0 aliphatic carbocycles. The fourth-order valence-electron chi connectivity index (χ4n) is 1.49. The molecule has 20 heavy (non-hydrogen) atoms. The van der Waals surface area contributed by atoms with Gasteiger partial charge in [0.2, 0.25) is 10.0 Å². The molecule has 1 aromatic heterocycles. The minimum atomic E-state index is -3.44. The Labute approximate surface area is 122 Å². The second kappa shape index (κ2) is 6.23. The minimum absolute atomic E-state index is 0.0999. The van der Waals surface area contributed by atoms with E-state index in [4.69, 9.17) is 4.74 Å². The van der Waals surface area contributed by atoms with Crippen LogP contribution in [0.25, 0.3) is 0 Å². The SMILES string of the molecule is Cc1nc(NS(=O)(=O)CCOc2ccccc2)sc1C. The molecule has 0 fully saturated rings. The molecule has 0 aliphatic rings. The quantitative estimate of drug-likeness (QED) is 0.890. The van der Waals surface area contributed by atoms with Crippen molar-refractivity contribution in [3.8, 4) is 5.75 Å². The Morgan fingerprint density at radius 1 is 1.25 bits per heavy atom. The molecule has 2 rings (SSSR count). The highest BCUT2D eigenvalue weighted by Crippen LogP contribution is 2.22. The molecular weight excluding hydrogens is 296 g/mol. The number of para-hydroxylation sites is 1. The Hall–Kier alpha value is -1.60. The second-order valence-corrected chi connectivity index (χ2v) is 7.29. The Balaban J connectivity index is 1.88. The number of benzene rings is 1. The van der Waals surface area contributed by atoms with Crippen molar-refractivity contribution in [3.05, 3.63) is 40.9 Å². The normalized spacial score (nSPS) is 11.3. The number of sulfonamides is 1. The predicted octanol–water partition coefficient (Wildman–Crippen LogP) is 2.58. The smallest absolute Gasteiger partial charge is 0.237 e. The summed E-state index contributed by atoms with van der Waals surface area (Å²) in [6.45, 7) is 3.86. The van der Waals surface area contributed by atoms with Crippen LogP contribution in [0.15, 0.2) is 30.3 Å². The van der Waals surface area contributed by atoms with Gasteiger partial charge in [0.15, 0.2) is 5.13 Å². The van der Waals surface area contributed by atoms with Crippen LogP contribution < -0.4 is 9.46 Å². The number of aromatic nitrogens is 1. The van der Waals surface area contributed by atoms with Gasteiger partial charge >= 0.3 is 0 Å². The fraction of sp³-hybridized carbons (Fsp3) is 0.308. The van der Waals surface area contributed by atoms with E-state index in [-0.39, 0.29) is 12.4 Å². The lowest BCUT2D eigenvalue weighted by atomic mass is 10.3. The molecule has 0 saturated heterocycles. The molecule has 0 amide bonds. The third-order valence-electron chi connectivity index (χ3n) is 2.64. The number of aryl methyl sites for hydroxylation is 2. The molecule has 0 bridgehead atoms. The molecule has 0 atom stereocenters. The van der Waals surface area contributed by atoms with Crippen LogP contribution in [0.4, 0.5) is 5.13 Å². The van der Waals surface area contributed by atoms with Gasteiger partial charge in [-0.15, -0.1) is 11.3 Å². The molecule has 0 spiro atoms. The molecule has 1 heterocycles. The molecule has 1 N–H and O–H groups in total. The zero-order chi connectivity index (χ0) is 14.6. The minimum Gasteiger partial charge on any atom is -0.492 e. The third kappa shape index (κ3) is 4.21. The van der Waals surface area contributed by atoms with Crippen LogP contribution in [0.1, 0.15) is 10.6 Å². The van der Waals surface area contributed by atoms with E-state index in [1.807, 2.05) is 32.0 Å². The van der Waals surface area contributed by atoms with Gasteiger partial charge in [-0.05, 0) is 26.0 Å². The lowest BCUT2D eigenvalue weighted by Crippen LogP contribution is -2.21. The van der Waals surface area contributed by atoms with Crippen molar-refractivity contribution in [2.24, 2.45) is 0 Å². The molecule has 7 heteroatoms. The number of nitrogens with one attached hydrogen (secondary N) is 1. The number of hydrogen-bond acceptors (Lipinski definition) is 5. The highest BCUT2D eigenvalue weighted by Gasteiger charge is 2.14. The van der Waals surface area contributed by atoms with Crippen LogP contribution in [0.3, 0.4) is 0 Å². The zero-order valence-corrected chi connectivity index (χ0v) is 12.9. The summed E-state index contributed by atoms with van der Waals surface area (Å²) in [7, 11) is -3.44. The molecule has 0 saturated carbocycles. The van der Waals surface area contributed by atoms with Gasteiger partial charge in [0.05, 0.1) is 5.69 Å². The number of anilines is 1. The van der Waals surface area contributed by atoms with Crippen molar-refractivity contribution < 1.29 is 13.2 Å². The van der Waals surface area contributed by atoms with E-state index in [2.05, 4.69) is 9.71 Å². The summed E-state index contributed by atoms with van der Waals surface area (Å²) in [6, 6.07) is 9.12. The van der Waals surface area contributed by atoms with Crippen LogP contribution in [-0.2, 0) is 10.0 Å². The maximum absolute atomic E-state index is 11.9. The van der Waals surface area contributed by atoms with Crippen molar-refractivity contribution in [3.63, 3.8) is 0 Å². The van der Waals surface area contributed by atoms with Crippen molar-refractivity contribution in [2.75, 3.05) is 17.1 Å². The summed E-state index contributed by atoms with van der Waals surface area (Å²) >= 11 is 1.33. The zero-order valence-electron chi connectivity index (χ0n) is 11.3. The van der Waals surface area contributed by atoms with E-state index in [1.54, 1.807) is 12.1 Å². The maximum Gasteiger partial charge on any atom is 0.237 e. The number of ether oxygens (including phenoxy) is 1. The van der Waals surface area contributed by atoms with Gasteiger partial charge in [-0.3, -0.25) is 4.72 Å². The molecule has 0 aliphatic heterocycles. The van der Waals surface area contributed by atoms with Gasteiger partial charge in [0.25, 0.3) is 0 Å². The van der Waals surface area contributed by atoms with Crippen molar-refractivity contribution in [1.29, 1.82) is 0 Å². The average molecular weight is 312 g/mol. The number of nitrogens with zero attached hydrogens (tertiary/aromatic N) is 1. The Kier molecular flexibility index (Phi) is 4.61. The van der Waals surface area contributed by atoms with E-state index in [9.17, 15) is 8.42 Å². The first-order chi connectivity index (χ1) is 9.46. The largest absolute Gasteiger partial charge is 0.492 e. The monoisotopic (exact) mass is 312 g/mol. The van der Waals surface area contributed by atoms with Crippen LogP contribution in [0, 0.1) is 13.8 Å². The van der Waals surface area contributed by atoms with Gasteiger partial charge in [-0.25, -0.2) is 13.4 Å². The Morgan fingerprint density at radius 3 is 2.55 bits per heavy atom. The van der Waals surface area contributed by atoms with E-state index in [0.29, 0.717) is 10.9 Å². The topological polar surface area (TPSA) is 68.3 Å². The van der Waals surface area contributed by atoms with Gasteiger partial charge < -0.3 is 4.74 Å². The maximum atomic E-state index is 11.9. The van der Waals surface area contributed by atoms with Crippen LogP contribution in [0.2, 0.25) is 0 Å². The highest BCUT2D eigenvalue weighted by atomic mass is 32.2. The van der Waals surface area contributed by atoms with Gasteiger partial charge in [0.1, 0.15) is 18.1 Å². The molecule has 0 unspecified atom stereocenters. The first-order valence-corrected chi connectivity index (χ1v) is 8.55. The third-order valence-corrected chi connectivity index (χ3v) is 4.96. The summed E-state index contributed by atoms with van der Waals surface area (Å²) in [4.78, 5) is 5.15. The van der Waals surface area contributed by atoms with Crippen molar-refractivity contribution in [1.82, 2.24) is 4.98 Å². The number of hydrogen-bond donors (Lipinski definition) is 1. The second-order valence-electron chi connectivity index (χ2n) is 4.24. The van der Waals surface area contributed by atoms with E-state index in [1.165, 1.54) is 11.3 Å². The summed E-state index contributed by atoms with van der Waals surface area (Å²) in [5, 5.41) is 0.403. The van der Waals surface area contributed by atoms with Crippen molar-refractivity contribution >= 4 is 26.5 Å².